The van der Waals surface area contributed by atoms with Crippen LogP contribution in [-0.4, -0.2) is 12.2 Å². The van der Waals surface area contributed by atoms with E-state index in [1.807, 2.05) is 0 Å². The molecule has 2 rings (SSSR count). The maximum absolute atomic E-state index is 13.9. The van der Waals surface area contributed by atoms with E-state index in [1.165, 1.54) is 7.11 Å². The van der Waals surface area contributed by atoms with Gasteiger partial charge >= 0.3 is 0 Å². The average Bonchev–Trinajstić information content (AvgIpc) is 2.29. The molecule has 0 atom stereocenters. The standard InChI is InChI=1S/C13H17F2NO2/c1-18-12-9(15)7-8(14)10(11(12)17)13(16)5-3-2-4-6-13/h7,17H,2-6,16H2,1H3. The molecule has 1 aliphatic carbocycles. The van der Waals surface area contributed by atoms with E-state index in [4.69, 9.17) is 10.5 Å². The first kappa shape index (κ1) is 13.1. The highest BCUT2D eigenvalue weighted by Crippen LogP contribution is 2.44. The molecule has 0 saturated heterocycles. The quantitative estimate of drug-likeness (QED) is 0.856. The number of phenols is 1. The summed E-state index contributed by atoms with van der Waals surface area (Å²) in [5, 5.41) is 9.98. The van der Waals surface area contributed by atoms with Gasteiger partial charge in [-0.15, -0.1) is 0 Å². The van der Waals surface area contributed by atoms with Crippen molar-refractivity contribution in [3.05, 3.63) is 23.3 Å². The molecule has 0 unspecified atom stereocenters. The Labute approximate surface area is 105 Å². The molecule has 18 heavy (non-hydrogen) atoms. The Bertz CT molecular complexity index is 457. The Kier molecular flexibility index (Phi) is 3.43. The Morgan fingerprint density at radius 1 is 1.22 bits per heavy atom. The summed E-state index contributed by atoms with van der Waals surface area (Å²) in [5.74, 6) is -2.59. The van der Waals surface area contributed by atoms with Crippen LogP contribution < -0.4 is 10.5 Å². The predicted octanol–water partition coefficient (Wildman–Crippen LogP) is 2.80. The van der Waals surface area contributed by atoms with Crippen LogP contribution >= 0.6 is 0 Å². The van der Waals surface area contributed by atoms with Crippen molar-refractivity contribution >= 4 is 0 Å². The number of rotatable bonds is 2. The van der Waals surface area contributed by atoms with Gasteiger partial charge in [0.05, 0.1) is 12.7 Å². The zero-order valence-electron chi connectivity index (χ0n) is 10.3. The minimum absolute atomic E-state index is 0.0274. The van der Waals surface area contributed by atoms with Crippen LogP contribution in [0.25, 0.3) is 0 Å². The molecule has 0 amide bonds. The zero-order chi connectivity index (χ0) is 13.3. The van der Waals surface area contributed by atoms with E-state index in [9.17, 15) is 13.9 Å². The summed E-state index contributed by atoms with van der Waals surface area (Å²) < 4.78 is 32.1. The fourth-order valence-electron chi connectivity index (χ4n) is 2.69. The molecular formula is C13H17F2NO2. The molecule has 1 aromatic carbocycles. The van der Waals surface area contributed by atoms with Crippen LogP contribution in [0.5, 0.6) is 11.5 Å². The molecule has 0 heterocycles. The second-order valence-corrected chi connectivity index (χ2v) is 4.81. The summed E-state index contributed by atoms with van der Waals surface area (Å²) in [6.07, 6.45) is 3.93. The highest BCUT2D eigenvalue weighted by Gasteiger charge is 2.36. The Hall–Kier alpha value is -1.36. The molecule has 0 aliphatic heterocycles. The maximum atomic E-state index is 13.9. The predicted molar refractivity (Wildman–Crippen MR) is 63.5 cm³/mol. The first-order valence-electron chi connectivity index (χ1n) is 6.04. The number of nitrogens with two attached hydrogens (primary N) is 1. The number of aromatic hydroxyl groups is 1. The molecule has 1 aliphatic rings. The van der Waals surface area contributed by atoms with E-state index in [1.54, 1.807) is 0 Å². The number of ether oxygens (including phenoxy) is 1. The summed E-state index contributed by atoms with van der Waals surface area (Å²) in [6.45, 7) is 0. The van der Waals surface area contributed by atoms with Crippen LogP contribution in [-0.2, 0) is 5.54 Å². The summed E-state index contributed by atoms with van der Waals surface area (Å²) in [7, 11) is 1.23. The molecule has 1 aromatic rings. The van der Waals surface area contributed by atoms with Crippen molar-refractivity contribution in [1.29, 1.82) is 0 Å². The first-order valence-corrected chi connectivity index (χ1v) is 6.04. The molecule has 0 aromatic heterocycles. The fourth-order valence-corrected chi connectivity index (χ4v) is 2.69. The monoisotopic (exact) mass is 257 g/mol. The van der Waals surface area contributed by atoms with Gasteiger partial charge in [0.15, 0.2) is 17.3 Å². The van der Waals surface area contributed by atoms with Gasteiger partial charge in [0.1, 0.15) is 5.82 Å². The Morgan fingerprint density at radius 3 is 2.39 bits per heavy atom. The lowest BCUT2D eigenvalue weighted by Gasteiger charge is -2.34. The molecule has 3 nitrogen and oxygen atoms in total. The molecule has 0 radical (unpaired) electrons. The van der Waals surface area contributed by atoms with Gasteiger partial charge in [-0.2, -0.15) is 0 Å². The third-order valence-corrected chi connectivity index (χ3v) is 3.61. The average molecular weight is 257 g/mol. The number of methoxy groups -OCH3 is 1. The van der Waals surface area contributed by atoms with E-state index in [2.05, 4.69) is 0 Å². The van der Waals surface area contributed by atoms with Crippen molar-refractivity contribution in [2.45, 2.75) is 37.6 Å². The number of benzene rings is 1. The third kappa shape index (κ3) is 2.03. The third-order valence-electron chi connectivity index (χ3n) is 3.61. The van der Waals surface area contributed by atoms with Gasteiger partial charge in [-0.1, -0.05) is 19.3 Å². The van der Waals surface area contributed by atoms with Crippen molar-refractivity contribution in [2.75, 3.05) is 7.11 Å². The summed E-state index contributed by atoms with van der Waals surface area (Å²) in [5.41, 5.74) is 5.21. The van der Waals surface area contributed by atoms with Crippen molar-refractivity contribution in [3.8, 4) is 11.5 Å². The fraction of sp³-hybridized carbons (Fsp3) is 0.538. The summed E-state index contributed by atoms with van der Waals surface area (Å²) >= 11 is 0. The van der Waals surface area contributed by atoms with Crippen molar-refractivity contribution < 1.29 is 18.6 Å². The lowest BCUT2D eigenvalue weighted by molar-refractivity contribution is 0.272. The molecular weight excluding hydrogens is 240 g/mol. The topological polar surface area (TPSA) is 55.5 Å². The lowest BCUT2D eigenvalue weighted by Crippen LogP contribution is -2.39. The van der Waals surface area contributed by atoms with E-state index < -0.39 is 22.9 Å². The number of phenolic OH excluding ortho intramolecular Hbond substituents is 1. The number of hydrogen-bond donors (Lipinski definition) is 2. The van der Waals surface area contributed by atoms with Crippen LogP contribution in [0.15, 0.2) is 6.07 Å². The normalized spacial score (nSPS) is 18.7. The molecule has 1 fully saturated rings. The summed E-state index contributed by atoms with van der Waals surface area (Å²) in [6, 6.07) is 0.719. The molecule has 0 bridgehead atoms. The van der Waals surface area contributed by atoms with E-state index >= 15 is 0 Å². The van der Waals surface area contributed by atoms with Crippen LogP contribution in [0.4, 0.5) is 8.78 Å². The van der Waals surface area contributed by atoms with E-state index in [-0.39, 0.29) is 11.3 Å². The van der Waals surface area contributed by atoms with Crippen molar-refractivity contribution in [2.24, 2.45) is 5.73 Å². The van der Waals surface area contributed by atoms with Gasteiger partial charge in [-0.25, -0.2) is 8.78 Å². The minimum Gasteiger partial charge on any atom is -0.504 e. The van der Waals surface area contributed by atoms with E-state index in [0.717, 1.165) is 25.3 Å². The van der Waals surface area contributed by atoms with Gasteiger partial charge in [0.25, 0.3) is 0 Å². The molecule has 0 spiro atoms. The second-order valence-electron chi connectivity index (χ2n) is 4.81. The molecule has 1 saturated carbocycles. The van der Waals surface area contributed by atoms with Gasteiger partial charge < -0.3 is 15.6 Å². The Morgan fingerprint density at radius 2 is 1.83 bits per heavy atom. The number of halogens is 2. The SMILES string of the molecule is COc1c(F)cc(F)c(C2(N)CCCCC2)c1O. The van der Waals surface area contributed by atoms with Gasteiger partial charge in [0, 0.05) is 11.6 Å². The van der Waals surface area contributed by atoms with Crippen LogP contribution in [0.2, 0.25) is 0 Å². The molecule has 100 valence electrons. The van der Waals surface area contributed by atoms with Gasteiger partial charge in [-0.05, 0) is 12.8 Å². The van der Waals surface area contributed by atoms with E-state index in [0.29, 0.717) is 12.8 Å². The van der Waals surface area contributed by atoms with Gasteiger partial charge in [-0.3, -0.25) is 0 Å². The second kappa shape index (κ2) is 4.72. The molecule has 3 N–H and O–H groups in total. The highest BCUT2D eigenvalue weighted by molar-refractivity contribution is 5.50. The van der Waals surface area contributed by atoms with Crippen LogP contribution in [0, 0.1) is 11.6 Å². The maximum Gasteiger partial charge on any atom is 0.197 e. The summed E-state index contributed by atoms with van der Waals surface area (Å²) in [4.78, 5) is 0. The van der Waals surface area contributed by atoms with Crippen LogP contribution in [0.1, 0.15) is 37.7 Å². The lowest BCUT2D eigenvalue weighted by atomic mass is 9.76. The minimum atomic E-state index is -0.937. The zero-order valence-corrected chi connectivity index (χ0v) is 10.3. The molecule has 5 heteroatoms. The van der Waals surface area contributed by atoms with Crippen LogP contribution in [0.3, 0.4) is 0 Å². The van der Waals surface area contributed by atoms with Crippen molar-refractivity contribution in [1.82, 2.24) is 0 Å². The Balaban J connectivity index is 2.56. The largest absolute Gasteiger partial charge is 0.504 e. The highest BCUT2D eigenvalue weighted by atomic mass is 19.1. The van der Waals surface area contributed by atoms with Gasteiger partial charge in [0.2, 0.25) is 0 Å². The smallest absolute Gasteiger partial charge is 0.197 e. The number of hydrogen-bond acceptors (Lipinski definition) is 3. The first-order chi connectivity index (χ1) is 8.49. The van der Waals surface area contributed by atoms with Crippen molar-refractivity contribution in [3.63, 3.8) is 0 Å².